The second kappa shape index (κ2) is 5.74. The van der Waals surface area contributed by atoms with Gasteiger partial charge in [0.05, 0.1) is 4.92 Å². The molecule has 0 aromatic heterocycles. The SMILES string of the molecule is CC(C)(NC(=O)Nc1ccc(Cl)c([N+](=O)[O-])c1)C(=O)O. The average Bonchev–Trinajstić information content (AvgIpc) is 2.30. The molecule has 0 saturated heterocycles. The van der Waals surface area contributed by atoms with E-state index in [0.717, 1.165) is 6.07 Å². The lowest BCUT2D eigenvalue weighted by Crippen LogP contribution is -2.51. The summed E-state index contributed by atoms with van der Waals surface area (Å²) in [4.78, 5) is 32.5. The Morgan fingerprint density at radius 1 is 1.40 bits per heavy atom. The Balaban J connectivity index is 2.84. The van der Waals surface area contributed by atoms with Gasteiger partial charge >= 0.3 is 12.0 Å². The summed E-state index contributed by atoms with van der Waals surface area (Å²) in [5, 5.41) is 24.0. The fourth-order valence-electron chi connectivity index (χ4n) is 1.23. The molecule has 0 heterocycles. The Bertz CT molecular complexity index is 573. The smallest absolute Gasteiger partial charge is 0.328 e. The molecule has 8 nitrogen and oxygen atoms in total. The number of carbonyl (C=O) groups excluding carboxylic acids is 1. The van der Waals surface area contributed by atoms with Gasteiger partial charge in [-0.05, 0) is 26.0 Å². The second-order valence-corrected chi connectivity index (χ2v) is 4.84. The molecule has 20 heavy (non-hydrogen) atoms. The van der Waals surface area contributed by atoms with Gasteiger partial charge in [-0.1, -0.05) is 11.6 Å². The number of urea groups is 1. The van der Waals surface area contributed by atoms with Crippen LogP contribution < -0.4 is 10.6 Å². The van der Waals surface area contributed by atoms with E-state index in [9.17, 15) is 19.7 Å². The number of amides is 2. The van der Waals surface area contributed by atoms with Crippen molar-refractivity contribution in [3.05, 3.63) is 33.3 Å². The van der Waals surface area contributed by atoms with E-state index in [2.05, 4.69) is 10.6 Å². The molecule has 108 valence electrons. The largest absolute Gasteiger partial charge is 0.480 e. The number of halogens is 1. The number of benzene rings is 1. The standard InChI is InChI=1S/C11H12ClN3O5/c1-11(2,9(16)17)14-10(18)13-6-3-4-7(12)8(5-6)15(19)20/h3-5H,1-2H3,(H,16,17)(H2,13,14,18). The van der Waals surface area contributed by atoms with Gasteiger partial charge in [0.25, 0.3) is 5.69 Å². The van der Waals surface area contributed by atoms with E-state index in [4.69, 9.17) is 16.7 Å². The summed E-state index contributed by atoms with van der Waals surface area (Å²) in [6.45, 7) is 2.61. The highest BCUT2D eigenvalue weighted by atomic mass is 35.5. The quantitative estimate of drug-likeness (QED) is 0.581. The molecule has 1 rings (SSSR count). The van der Waals surface area contributed by atoms with Crippen molar-refractivity contribution in [3.63, 3.8) is 0 Å². The second-order valence-electron chi connectivity index (χ2n) is 4.43. The Morgan fingerprint density at radius 2 is 2.00 bits per heavy atom. The molecule has 0 saturated carbocycles. The first kappa shape index (κ1) is 15.7. The van der Waals surface area contributed by atoms with E-state index in [1.54, 1.807) is 0 Å². The lowest BCUT2D eigenvalue weighted by Gasteiger charge is -2.21. The van der Waals surface area contributed by atoms with E-state index < -0.39 is 22.5 Å². The molecule has 0 aliphatic rings. The fourth-order valence-corrected chi connectivity index (χ4v) is 1.42. The molecule has 1 aromatic rings. The fraction of sp³-hybridized carbons (Fsp3) is 0.273. The highest BCUT2D eigenvalue weighted by Crippen LogP contribution is 2.27. The van der Waals surface area contributed by atoms with Gasteiger partial charge in [-0.2, -0.15) is 0 Å². The van der Waals surface area contributed by atoms with Gasteiger partial charge < -0.3 is 15.7 Å². The van der Waals surface area contributed by atoms with Crippen LogP contribution in [0.1, 0.15) is 13.8 Å². The number of carboxylic acid groups (broad SMARTS) is 1. The Hall–Kier alpha value is -2.35. The van der Waals surface area contributed by atoms with Crippen molar-refractivity contribution in [3.8, 4) is 0 Å². The average molecular weight is 302 g/mol. The van der Waals surface area contributed by atoms with Crippen molar-refractivity contribution in [1.29, 1.82) is 0 Å². The lowest BCUT2D eigenvalue weighted by atomic mass is 10.1. The molecule has 9 heteroatoms. The van der Waals surface area contributed by atoms with E-state index in [1.807, 2.05) is 0 Å². The number of hydrogen-bond acceptors (Lipinski definition) is 4. The van der Waals surface area contributed by atoms with Gasteiger partial charge in [0.1, 0.15) is 10.6 Å². The molecule has 0 spiro atoms. The third-order valence-electron chi connectivity index (χ3n) is 2.36. The molecule has 1 aromatic carbocycles. The number of nitro benzene ring substituents is 1. The molecule has 3 N–H and O–H groups in total. The molecule has 0 bridgehead atoms. The van der Waals surface area contributed by atoms with E-state index in [0.29, 0.717) is 0 Å². The third kappa shape index (κ3) is 3.82. The number of anilines is 1. The number of aliphatic carboxylic acids is 1. The zero-order valence-electron chi connectivity index (χ0n) is 10.6. The monoisotopic (exact) mass is 301 g/mol. The number of nitrogens with zero attached hydrogens (tertiary/aromatic N) is 1. The Labute approximate surface area is 118 Å². The topological polar surface area (TPSA) is 122 Å². The van der Waals surface area contributed by atoms with Crippen molar-refractivity contribution in [1.82, 2.24) is 5.32 Å². The molecule has 0 aliphatic carbocycles. The highest BCUT2D eigenvalue weighted by molar-refractivity contribution is 6.32. The van der Waals surface area contributed by atoms with Crippen LogP contribution in [0.2, 0.25) is 5.02 Å². The van der Waals surface area contributed by atoms with Crippen LogP contribution >= 0.6 is 11.6 Å². The first-order chi connectivity index (χ1) is 9.13. The number of rotatable bonds is 4. The van der Waals surface area contributed by atoms with E-state index >= 15 is 0 Å². The predicted octanol–water partition coefficient (Wildman–Crippen LogP) is 2.23. The zero-order valence-corrected chi connectivity index (χ0v) is 11.4. The van der Waals surface area contributed by atoms with Crippen LogP contribution in [0.15, 0.2) is 18.2 Å². The summed E-state index contributed by atoms with van der Waals surface area (Å²) >= 11 is 5.63. The highest BCUT2D eigenvalue weighted by Gasteiger charge is 2.29. The molecule has 2 amide bonds. The Kier molecular flexibility index (Phi) is 4.51. The van der Waals surface area contributed by atoms with Crippen LogP contribution in [0, 0.1) is 10.1 Å². The zero-order chi connectivity index (χ0) is 15.5. The van der Waals surface area contributed by atoms with Crippen molar-refractivity contribution in [2.45, 2.75) is 19.4 Å². The Morgan fingerprint density at radius 3 is 2.50 bits per heavy atom. The summed E-state index contributed by atoms with van der Waals surface area (Å²) in [6, 6.07) is 2.91. The first-order valence-electron chi connectivity index (χ1n) is 5.40. The van der Waals surface area contributed by atoms with Crippen LogP contribution in [0.3, 0.4) is 0 Å². The van der Waals surface area contributed by atoms with E-state index in [-0.39, 0.29) is 16.4 Å². The van der Waals surface area contributed by atoms with Crippen LogP contribution in [0.5, 0.6) is 0 Å². The summed E-state index contributed by atoms with van der Waals surface area (Å²) in [7, 11) is 0. The van der Waals surface area contributed by atoms with Crippen LogP contribution in [0.25, 0.3) is 0 Å². The number of nitro groups is 1. The van der Waals surface area contributed by atoms with E-state index in [1.165, 1.54) is 26.0 Å². The normalized spacial score (nSPS) is 10.8. The predicted molar refractivity (Wildman–Crippen MR) is 72.0 cm³/mol. The summed E-state index contributed by atoms with van der Waals surface area (Å²) in [5.74, 6) is -1.21. The molecule has 0 unspecified atom stereocenters. The molecular weight excluding hydrogens is 290 g/mol. The molecule has 0 fully saturated rings. The van der Waals surface area contributed by atoms with Crippen LogP contribution in [-0.4, -0.2) is 27.6 Å². The number of carbonyl (C=O) groups is 2. The summed E-state index contributed by atoms with van der Waals surface area (Å²) in [6.07, 6.45) is 0. The summed E-state index contributed by atoms with van der Waals surface area (Å²) < 4.78 is 0. The minimum absolute atomic E-state index is 0.0631. The van der Waals surface area contributed by atoms with Gasteiger partial charge in [-0.25, -0.2) is 9.59 Å². The first-order valence-corrected chi connectivity index (χ1v) is 5.78. The number of nitrogens with one attached hydrogen (secondary N) is 2. The van der Waals surface area contributed by atoms with Crippen molar-refractivity contribution >= 4 is 35.0 Å². The molecule has 0 radical (unpaired) electrons. The van der Waals surface area contributed by atoms with Gasteiger partial charge in [-0.3, -0.25) is 10.1 Å². The maximum absolute atomic E-state index is 11.6. The van der Waals surface area contributed by atoms with Crippen molar-refractivity contribution < 1.29 is 19.6 Å². The number of hydrogen-bond donors (Lipinski definition) is 3. The molecule has 0 aliphatic heterocycles. The number of carboxylic acids is 1. The van der Waals surface area contributed by atoms with Gasteiger partial charge in [0.2, 0.25) is 0 Å². The van der Waals surface area contributed by atoms with Crippen molar-refractivity contribution in [2.75, 3.05) is 5.32 Å². The van der Waals surface area contributed by atoms with Crippen LogP contribution in [0.4, 0.5) is 16.2 Å². The minimum atomic E-state index is -1.47. The van der Waals surface area contributed by atoms with Gasteiger partial charge in [-0.15, -0.1) is 0 Å². The van der Waals surface area contributed by atoms with Crippen molar-refractivity contribution in [2.24, 2.45) is 0 Å². The maximum atomic E-state index is 11.6. The van der Waals surface area contributed by atoms with Crippen LogP contribution in [-0.2, 0) is 4.79 Å². The third-order valence-corrected chi connectivity index (χ3v) is 2.68. The minimum Gasteiger partial charge on any atom is -0.480 e. The lowest BCUT2D eigenvalue weighted by molar-refractivity contribution is -0.384. The molecule has 0 atom stereocenters. The summed E-state index contributed by atoms with van der Waals surface area (Å²) in [5.41, 5.74) is -1.70. The van der Waals surface area contributed by atoms with Gasteiger partial charge in [0.15, 0.2) is 0 Å². The van der Waals surface area contributed by atoms with Gasteiger partial charge in [0, 0.05) is 11.8 Å². The maximum Gasteiger partial charge on any atom is 0.328 e. The molecular formula is C11H12ClN3O5.